The Balaban J connectivity index is 1.85. The molecule has 5 heteroatoms. The smallest absolute Gasteiger partial charge is 0.248 e. The van der Waals surface area contributed by atoms with Gasteiger partial charge in [-0.05, 0) is 23.3 Å². The van der Waals surface area contributed by atoms with E-state index >= 15 is 0 Å². The summed E-state index contributed by atoms with van der Waals surface area (Å²) in [6.07, 6.45) is 1.05. The summed E-state index contributed by atoms with van der Waals surface area (Å²) >= 11 is 1.80. The molecular formula is C14H17N3OS. The molecule has 1 N–H and O–H groups in total. The molecule has 19 heavy (non-hydrogen) atoms. The highest BCUT2D eigenvalue weighted by molar-refractivity contribution is 7.98. The fraction of sp³-hybridized carbons (Fsp3) is 0.429. The predicted octanol–water partition coefficient (Wildman–Crippen LogP) is 2.56. The van der Waals surface area contributed by atoms with Gasteiger partial charge in [-0.15, -0.1) is 0 Å². The number of nitrogens with zero attached hydrogens (tertiary/aromatic N) is 2. The van der Waals surface area contributed by atoms with Gasteiger partial charge in [-0.3, -0.25) is 0 Å². The first-order chi connectivity index (χ1) is 9.38. The van der Waals surface area contributed by atoms with Gasteiger partial charge in [0, 0.05) is 6.54 Å². The molecule has 1 aliphatic heterocycles. The second-order valence-corrected chi connectivity index (χ2v) is 5.80. The Hall–Kier alpha value is -1.33. The fourth-order valence-electron chi connectivity index (χ4n) is 2.36. The first-order valence-corrected chi connectivity index (χ1v) is 7.75. The molecule has 0 saturated heterocycles. The van der Waals surface area contributed by atoms with Gasteiger partial charge in [0.15, 0.2) is 5.82 Å². The van der Waals surface area contributed by atoms with Crippen molar-refractivity contribution in [3.8, 4) is 0 Å². The molecule has 100 valence electrons. The zero-order valence-corrected chi connectivity index (χ0v) is 11.7. The number of fused-ring (bicyclic) bond motifs is 1. The Kier molecular flexibility index (Phi) is 3.84. The molecule has 4 nitrogen and oxygen atoms in total. The van der Waals surface area contributed by atoms with Crippen LogP contribution in [0.5, 0.6) is 0 Å². The molecule has 2 aromatic rings. The summed E-state index contributed by atoms with van der Waals surface area (Å²) in [4.78, 5) is 4.51. The topological polar surface area (TPSA) is 51.0 Å². The minimum absolute atomic E-state index is 0.0397. The molecule has 1 unspecified atom stereocenters. The maximum atomic E-state index is 5.42. The third-order valence-corrected chi connectivity index (χ3v) is 4.15. The van der Waals surface area contributed by atoms with Crippen LogP contribution < -0.4 is 5.32 Å². The second-order valence-electron chi connectivity index (χ2n) is 4.52. The molecule has 3 rings (SSSR count). The van der Waals surface area contributed by atoms with E-state index in [4.69, 9.17) is 4.52 Å². The van der Waals surface area contributed by atoms with Crippen molar-refractivity contribution in [1.82, 2.24) is 15.5 Å². The van der Waals surface area contributed by atoms with E-state index in [9.17, 15) is 0 Å². The van der Waals surface area contributed by atoms with E-state index < -0.39 is 0 Å². The maximum absolute atomic E-state index is 5.42. The van der Waals surface area contributed by atoms with Gasteiger partial charge in [0.25, 0.3) is 0 Å². The number of nitrogens with one attached hydrogen (secondary N) is 1. The molecule has 0 aliphatic carbocycles. The zero-order valence-electron chi connectivity index (χ0n) is 10.9. The molecule has 1 aromatic heterocycles. The van der Waals surface area contributed by atoms with Crippen LogP contribution in [0.2, 0.25) is 0 Å². The first kappa shape index (κ1) is 12.7. The third kappa shape index (κ3) is 2.67. The number of hydrogen-bond donors (Lipinski definition) is 1. The highest BCUT2D eigenvalue weighted by Gasteiger charge is 2.25. The molecule has 2 heterocycles. The molecule has 0 spiro atoms. The van der Waals surface area contributed by atoms with E-state index in [2.05, 4.69) is 46.6 Å². The highest BCUT2D eigenvalue weighted by Crippen LogP contribution is 2.27. The summed E-state index contributed by atoms with van der Waals surface area (Å²) in [6.45, 7) is 3.08. The van der Waals surface area contributed by atoms with Gasteiger partial charge in [0.05, 0.1) is 5.75 Å². The van der Waals surface area contributed by atoms with Gasteiger partial charge >= 0.3 is 0 Å². The van der Waals surface area contributed by atoms with Crippen LogP contribution in [0.3, 0.4) is 0 Å². The van der Waals surface area contributed by atoms with Crippen molar-refractivity contribution in [3.63, 3.8) is 0 Å². The lowest BCUT2D eigenvalue weighted by atomic mass is 9.94. The van der Waals surface area contributed by atoms with E-state index in [1.165, 1.54) is 11.1 Å². The number of rotatable bonds is 4. The number of benzene rings is 1. The molecule has 1 aromatic carbocycles. The molecule has 0 saturated carbocycles. The van der Waals surface area contributed by atoms with Crippen LogP contribution in [0.15, 0.2) is 28.8 Å². The average molecular weight is 275 g/mol. The van der Waals surface area contributed by atoms with Crippen LogP contribution in [0, 0.1) is 0 Å². The Bertz CT molecular complexity index is 555. The lowest BCUT2D eigenvalue weighted by molar-refractivity contribution is 0.341. The van der Waals surface area contributed by atoms with Gasteiger partial charge in [-0.25, -0.2) is 0 Å². The lowest BCUT2D eigenvalue weighted by Gasteiger charge is -2.23. The Labute approximate surface area is 117 Å². The molecule has 1 aliphatic rings. The molecular weight excluding hydrogens is 258 g/mol. The van der Waals surface area contributed by atoms with Crippen LogP contribution in [0.1, 0.15) is 35.8 Å². The monoisotopic (exact) mass is 275 g/mol. The maximum Gasteiger partial charge on any atom is 0.248 e. The van der Waals surface area contributed by atoms with Gasteiger partial charge in [0.2, 0.25) is 5.89 Å². The minimum Gasteiger partial charge on any atom is -0.337 e. The number of thioether (sulfide) groups is 1. The lowest BCUT2D eigenvalue weighted by Crippen LogP contribution is -2.30. The van der Waals surface area contributed by atoms with Crippen LogP contribution in [-0.2, 0) is 12.2 Å². The summed E-state index contributed by atoms with van der Waals surface area (Å²) in [6, 6.07) is 8.49. The van der Waals surface area contributed by atoms with Gasteiger partial charge in [0.1, 0.15) is 6.04 Å². The van der Waals surface area contributed by atoms with Crippen molar-refractivity contribution in [3.05, 3.63) is 47.1 Å². The molecule has 1 atom stereocenters. The van der Waals surface area contributed by atoms with Crippen molar-refractivity contribution >= 4 is 11.8 Å². The average Bonchev–Trinajstić information content (AvgIpc) is 2.93. The zero-order chi connectivity index (χ0) is 13.1. The van der Waals surface area contributed by atoms with Gasteiger partial charge in [-0.1, -0.05) is 36.3 Å². The van der Waals surface area contributed by atoms with Crippen molar-refractivity contribution in [2.75, 3.05) is 12.3 Å². The third-order valence-electron chi connectivity index (χ3n) is 3.27. The first-order valence-electron chi connectivity index (χ1n) is 6.60. The SMILES string of the molecule is CCSCc1noc(C2NCCc3ccccc32)n1. The van der Waals surface area contributed by atoms with E-state index in [1.807, 2.05) is 0 Å². The molecule has 0 fully saturated rings. The molecule has 0 radical (unpaired) electrons. The van der Waals surface area contributed by atoms with Crippen molar-refractivity contribution in [2.45, 2.75) is 25.1 Å². The summed E-state index contributed by atoms with van der Waals surface area (Å²) < 4.78 is 5.42. The van der Waals surface area contributed by atoms with Crippen molar-refractivity contribution < 1.29 is 4.52 Å². The Morgan fingerprint density at radius 1 is 1.42 bits per heavy atom. The quantitative estimate of drug-likeness (QED) is 0.929. The summed E-state index contributed by atoms with van der Waals surface area (Å²) in [5.74, 6) is 3.34. The highest BCUT2D eigenvalue weighted by atomic mass is 32.2. The van der Waals surface area contributed by atoms with E-state index in [1.54, 1.807) is 11.8 Å². The minimum atomic E-state index is 0.0397. The normalized spacial score (nSPS) is 18.3. The van der Waals surface area contributed by atoms with Crippen LogP contribution in [0.25, 0.3) is 0 Å². The summed E-state index contributed by atoms with van der Waals surface area (Å²) in [5.41, 5.74) is 2.63. The Morgan fingerprint density at radius 2 is 2.32 bits per heavy atom. The fourth-order valence-corrected chi connectivity index (χ4v) is 2.87. The number of hydrogen-bond acceptors (Lipinski definition) is 5. The molecule has 0 bridgehead atoms. The van der Waals surface area contributed by atoms with E-state index in [-0.39, 0.29) is 6.04 Å². The van der Waals surface area contributed by atoms with Gasteiger partial charge < -0.3 is 9.84 Å². The van der Waals surface area contributed by atoms with Crippen LogP contribution in [-0.4, -0.2) is 22.4 Å². The Morgan fingerprint density at radius 3 is 3.21 bits per heavy atom. The van der Waals surface area contributed by atoms with Crippen LogP contribution >= 0.6 is 11.8 Å². The van der Waals surface area contributed by atoms with Crippen LogP contribution in [0.4, 0.5) is 0 Å². The van der Waals surface area contributed by atoms with E-state index in [0.717, 1.165) is 30.3 Å². The van der Waals surface area contributed by atoms with Crippen molar-refractivity contribution in [2.24, 2.45) is 0 Å². The largest absolute Gasteiger partial charge is 0.337 e. The molecule has 0 amide bonds. The van der Waals surface area contributed by atoms with E-state index in [0.29, 0.717) is 5.89 Å². The number of aromatic nitrogens is 2. The van der Waals surface area contributed by atoms with Crippen molar-refractivity contribution in [1.29, 1.82) is 0 Å². The summed E-state index contributed by atoms with van der Waals surface area (Å²) in [5, 5.41) is 7.51. The van der Waals surface area contributed by atoms with Gasteiger partial charge in [-0.2, -0.15) is 16.7 Å². The standard InChI is InChI=1S/C14H17N3OS/c1-2-19-9-12-16-14(18-17-12)13-11-6-4-3-5-10(11)7-8-15-13/h3-6,13,15H,2,7-9H2,1H3. The second kappa shape index (κ2) is 5.75. The summed E-state index contributed by atoms with van der Waals surface area (Å²) in [7, 11) is 0. The predicted molar refractivity (Wildman–Crippen MR) is 76.1 cm³/mol.